The Bertz CT molecular complexity index is 1740. The van der Waals surface area contributed by atoms with Crippen molar-refractivity contribution in [3.63, 3.8) is 0 Å². The summed E-state index contributed by atoms with van der Waals surface area (Å²) in [6.07, 6.45) is -2.64. The quantitative estimate of drug-likeness (QED) is 0.0997. The van der Waals surface area contributed by atoms with E-state index in [1.54, 1.807) is 19.2 Å². The number of benzene rings is 3. The van der Waals surface area contributed by atoms with Gasteiger partial charge in [0.1, 0.15) is 12.2 Å². The first kappa shape index (κ1) is 32.2. The molecule has 0 spiro atoms. The number of pyridine rings is 1. The average Bonchev–Trinajstić information content (AvgIpc) is 2.99. The van der Waals surface area contributed by atoms with E-state index in [1.807, 2.05) is 43.5 Å². The van der Waals surface area contributed by atoms with Crippen LogP contribution in [0.15, 0.2) is 30.5 Å². The van der Waals surface area contributed by atoms with Crippen LogP contribution in [0.5, 0.6) is 23.0 Å². The van der Waals surface area contributed by atoms with E-state index in [2.05, 4.69) is 0 Å². The Morgan fingerprint density at radius 1 is 0.711 bits per heavy atom. The van der Waals surface area contributed by atoms with Crippen molar-refractivity contribution in [1.29, 1.82) is 0 Å². The average molecular weight is 639 g/mol. The van der Waals surface area contributed by atoms with Gasteiger partial charge in [-0.2, -0.15) is 17.7 Å². The number of ether oxygens (including phenoxy) is 4. The van der Waals surface area contributed by atoms with Crippen molar-refractivity contribution >= 4 is 10.8 Å². The summed E-state index contributed by atoms with van der Waals surface area (Å²) >= 11 is 0. The Balaban J connectivity index is 1.67. The Hall–Kier alpha value is -4.22. The lowest BCUT2D eigenvalue weighted by Crippen LogP contribution is -2.41. The maximum atomic E-state index is 14.7. The van der Waals surface area contributed by atoms with Gasteiger partial charge >= 0.3 is 6.18 Å². The molecule has 0 N–H and O–H groups in total. The van der Waals surface area contributed by atoms with Crippen molar-refractivity contribution in [2.45, 2.75) is 59.9 Å². The van der Waals surface area contributed by atoms with E-state index in [9.17, 15) is 30.7 Å². The standard InChI is InChI=1S/C33H31F7NO4/c1-5-18-19-9-10-23(42-6-2)32(45-16-22-27(34)29(36)26(33(38,39)40)30(37)28(22)35)21(19)15-41-12-11-17-13-24(43-7-3)25(44-8-4)14-20(17)31(18)41/h9-10,13-15H,5-8,11-12,16H2,1-4H3/q+1. The SMILES string of the molecule is CCOc1cc2c(cc1OCC)-c1c(CC)c3ccc(OCC)c(OCc4c(F)c(F)c(C(F)(F)F)c(F)c4F)c3c[n+]1CC2. The number of rotatable bonds is 10. The van der Waals surface area contributed by atoms with E-state index in [0.717, 1.165) is 22.4 Å². The van der Waals surface area contributed by atoms with E-state index in [-0.39, 0.29) is 18.1 Å². The van der Waals surface area contributed by atoms with Crippen molar-refractivity contribution in [3.05, 3.63) is 76.0 Å². The number of hydrogen-bond donors (Lipinski definition) is 0. The van der Waals surface area contributed by atoms with Crippen LogP contribution in [0.25, 0.3) is 22.0 Å². The molecule has 2 heterocycles. The zero-order chi connectivity index (χ0) is 32.6. The van der Waals surface area contributed by atoms with Crippen LogP contribution in [0.1, 0.15) is 49.9 Å². The van der Waals surface area contributed by atoms with Crippen molar-refractivity contribution in [2.75, 3.05) is 19.8 Å². The van der Waals surface area contributed by atoms with Gasteiger partial charge in [0.25, 0.3) is 0 Å². The van der Waals surface area contributed by atoms with Crippen LogP contribution in [-0.2, 0) is 32.2 Å². The molecule has 0 amide bonds. The van der Waals surface area contributed by atoms with Crippen LogP contribution in [0, 0.1) is 23.3 Å². The molecule has 0 aliphatic carbocycles. The monoisotopic (exact) mass is 638 g/mol. The van der Waals surface area contributed by atoms with Gasteiger partial charge in [-0.15, -0.1) is 0 Å². The molecule has 4 aromatic rings. The van der Waals surface area contributed by atoms with Gasteiger partial charge in [0, 0.05) is 17.4 Å². The van der Waals surface area contributed by atoms with E-state index < -0.39 is 47.2 Å². The molecule has 0 fully saturated rings. The van der Waals surface area contributed by atoms with Gasteiger partial charge in [-0.3, -0.25) is 0 Å². The summed E-state index contributed by atoms with van der Waals surface area (Å²) in [5.41, 5.74) is -0.107. The predicted octanol–water partition coefficient (Wildman–Crippen LogP) is 8.26. The van der Waals surface area contributed by atoms with Gasteiger partial charge in [0.05, 0.1) is 36.3 Å². The third kappa shape index (κ3) is 5.70. The second-order valence-electron chi connectivity index (χ2n) is 10.3. The highest BCUT2D eigenvalue weighted by molar-refractivity contribution is 5.95. The molecule has 1 aliphatic rings. The molecule has 12 heteroatoms. The predicted molar refractivity (Wildman–Crippen MR) is 152 cm³/mol. The summed E-state index contributed by atoms with van der Waals surface area (Å²) in [6, 6.07) is 7.35. The van der Waals surface area contributed by atoms with Crippen LogP contribution in [0.2, 0.25) is 0 Å². The number of aromatic nitrogens is 1. The Morgan fingerprint density at radius 3 is 1.89 bits per heavy atom. The van der Waals surface area contributed by atoms with Crippen molar-refractivity contribution in [2.24, 2.45) is 0 Å². The first-order chi connectivity index (χ1) is 21.5. The summed E-state index contributed by atoms with van der Waals surface area (Å²) in [4.78, 5) is 0. The summed E-state index contributed by atoms with van der Waals surface area (Å²) in [5.74, 6) is -8.01. The molecule has 0 saturated heterocycles. The van der Waals surface area contributed by atoms with E-state index >= 15 is 0 Å². The molecule has 0 unspecified atom stereocenters. The van der Waals surface area contributed by atoms with Gasteiger partial charge in [-0.1, -0.05) is 6.92 Å². The molecule has 3 aromatic carbocycles. The van der Waals surface area contributed by atoms with Gasteiger partial charge in [0.15, 0.2) is 59.0 Å². The van der Waals surface area contributed by atoms with E-state index in [1.165, 1.54) is 0 Å². The zero-order valence-corrected chi connectivity index (χ0v) is 25.1. The second-order valence-corrected chi connectivity index (χ2v) is 10.3. The highest BCUT2D eigenvalue weighted by atomic mass is 19.4. The molecule has 5 rings (SSSR count). The summed E-state index contributed by atoms with van der Waals surface area (Å²) in [7, 11) is 0. The van der Waals surface area contributed by atoms with Crippen LogP contribution in [0.4, 0.5) is 30.7 Å². The zero-order valence-electron chi connectivity index (χ0n) is 25.1. The molecular weight excluding hydrogens is 607 g/mol. The van der Waals surface area contributed by atoms with Gasteiger partial charge < -0.3 is 18.9 Å². The Kier molecular flexibility index (Phi) is 9.04. The highest BCUT2D eigenvalue weighted by Gasteiger charge is 2.42. The fraction of sp³-hybridized carbons (Fsp3) is 0.364. The maximum absolute atomic E-state index is 14.7. The lowest BCUT2D eigenvalue weighted by Gasteiger charge is -2.22. The number of alkyl halides is 3. The van der Waals surface area contributed by atoms with Crippen LogP contribution in [-0.4, -0.2) is 19.8 Å². The summed E-state index contributed by atoms with van der Waals surface area (Å²) < 4.78 is 123. The normalized spacial score (nSPS) is 12.6. The molecule has 45 heavy (non-hydrogen) atoms. The molecule has 0 radical (unpaired) electrons. The number of nitrogens with zero attached hydrogens (tertiary/aromatic N) is 1. The molecule has 1 aromatic heterocycles. The number of hydrogen-bond acceptors (Lipinski definition) is 4. The number of halogens is 7. The van der Waals surface area contributed by atoms with Gasteiger partial charge in [-0.25, -0.2) is 17.6 Å². The highest BCUT2D eigenvalue weighted by Crippen LogP contribution is 2.44. The topological polar surface area (TPSA) is 40.8 Å². The molecule has 0 atom stereocenters. The number of aryl methyl sites for hydroxylation is 3. The van der Waals surface area contributed by atoms with Crippen LogP contribution in [0.3, 0.4) is 0 Å². The Labute approximate surface area is 255 Å². The van der Waals surface area contributed by atoms with Crippen LogP contribution < -0.4 is 23.5 Å². The van der Waals surface area contributed by atoms with E-state index in [0.29, 0.717) is 54.9 Å². The maximum Gasteiger partial charge on any atom is 0.422 e. The van der Waals surface area contributed by atoms with Crippen molar-refractivity contribution < 1.29 is 54.2 Å². The minimum absolute atomic E-state index is 0.0198. The number of fused-ring (bicyclic) bond motifs is 4. The second kappa shape index (κ2) is 12.6. The molecule has 1 aliphatic heterocycles. The third-order valence-electron chi connectivity index (χ3n) is 7.64. The van der Waals surface area contributed by atoms with Crippen molar-refractivity contribution in [1.82, 2.24) is 0 Å². The molecule has 240 valence electrons. The lowest BCUT2D eigenvalue weighted by atomic mass is 9.90. The lowest BCUT2D eigenvalue weighted by molar-refractivity contribution is -0.686. The smallest absolute Gasteiger partial charge is 0.422 e. The fourth-order valence-corrected chi connectivity index (χ4v) is 5.77. The largest absolute Gasteiger partial charge is 0.490 e. The molecule has 0 bridgehead atoms. The minimum atomic E-state index is -5.65. The first-order valence-corrected chi connectivity index (χ1v) is 14.6. The van der Waals surface area contributed by atoms with Crippen LogP contribution >= 0.6 is 0 Å². The van der Waals surface area contributed by atoms with E-state index in [4.69, 9.17) is 18.9 Å². The first-order valence-electron chi connectivity index (χ1n) is 14.6. The fourth-order valence-electron chi connectivity index (χ4n) is 5.77. The van der Waals surface area contributed by atoms with Gasteiger partial charge in [0.2, 0.25) is 5.69 Å². The third-order valence-corrected chi connectivity index (χ3v) is 7.64. The Morgan fingerprint density at radius 2 is 1.31 bits per heavy atom. The molecule has 0 saturated carbocycles. The summed E-state index contributed by atoms with van der Waals surface area (Å²) in [6.45, 7) is 7.99. The van der Waals surface area contributed by atoms with Gasteiger partial charge in [-0.05, 0) is 57.0 Å². The molecular formula is C33H31F7NO4+. The van der Waals surface area contributed by atoms with Crippen molar-refractivity contribution in [3.8, 4) is 34.3 Å². The minimum Gasteiger partial charge on any atom is -0.490 e. The summed E-state index contributed by atoms with van der Waals surface area (Å²) in [5, 5.41) is 1.20. The molecule has 5 nitrogen and oxygen atoms in total.